The third-order valence-corrected chi connectivity index (χ3v) is 5.17. The molecular formula is C21H23FN4O. The Balaban J connectivity index is 1.27. The molecule has 0 bridgehead atoms. The Morgan fingerprint density at radius 2 is 1.96 bits per heavy atom. The molecule has 1 aromatic heterocycles. The number of likely N-dealkylation sites (tertiary alicyclic amines) is 1. The Labute approximate surface area is 157 Å². The second kappa shape index (κ2) is 7.88. The predicted molar refractivity (Wildman–Crippen MR) is 104 cm³/mol. The molecular weight excluding hydrogens is 343 g/mol. The van der Waals surface area contributed by atoms with Gasteiger partial charge in [-0.2, -0.15) is 0 Å². The molecule has 1 aliphatic heterocycles. The second-order valence-electron chi connectivity index (χ2n) is 7.16. The maximum Gasteiger partial charge on any atom is 0.238 e. The van der Waals surface area contributed by atoms with E-state index in [1.54, 1.807) is 12.1 Å². The summed E-state index contributed by atoms with van der Waals surface area (Å²) in [4.78, 5) is 18.8. The summed E-state index contributed by atoms with van der Waals surface area (Å²) in [7, 11) is 0. The molecule has 2 heterocycles. The van der Waals surface area contributed by atoms with E-state index in [2.05, 4.69) is 25.8 Å². The summed E-state index contributed by atoms with van der Waals surface area (Å²) >= 11 is 0. The summed E-state index contributed by atoms with van der Waals surface area (Å²) in [6.07, 6.45) is 4.03. The van der Waals surface area contributed by atoms with Gasteiger partial charge in [-0.3, -0.25) is 9.69 Å². The van der Waals surface area contributed by atoms with Gasteiger partial charge in [-0.25, -0.2) is 9.37 Å². The van der Waals surface area contributed by atoms with E-state index in [4.69, 9.17) is 0 Å². The van der Waals surface area contributed by atoms with E-state index in [9.17, 15) is 9.18 Å². The van der Waals surface area contributed by atoms with E-state index in [0.717, 1.165) is 38.0 Å². The molecule has 1 saturated heterocycles. The van der Waals surface area contributed by atoms with Gasteiger partial charge in [-0.15, -0.1) is 0 Å². The van der Waals surface area contributed by atoms with Crippen LogP contribution in [0.4, 0.5) is 10.1 Å². The quantitative estimate of drug-likeness (QED) is 0.752. The number of piperidine rings is 1. The summed E-state index contributed by atoms with van der Waals surface area (Å²) in [6.45, 7) is 3.10. The molecule has 4 rings (SSSR count). The molecule has 0 saturated carbocycles. The van der Waals surface area contributed by atoms with Crippen LogP contribution < -0.4 is 5.32 Å². The molecule has 5 nitrogen and oxygen atoms in total. The molecule has 6 heteroatoms. The lowest BCUT2D eigenvalue weighted by molar-refractivity contribution is -0.117. The smallest absolute Gasteiger partial charge is 0.238 e. The number of carbonyl (C=O) groups excluding carboxylic acids is 1. The molecule has 27 heavy (non-hydrogen) atoms. The average molecular weight is 366 g/mol. The number of benzene rings is 2. The van der Waals surface area contributed by atoms with Crippen LogP contribution in [0.15, 0.2) is 54.9 Å². The first-order chi connectivity index (χ1) is 13.2. The molecule has 3 aromatic rings. The van der Waals surface area contributed by atoms with Crippen molar-refractivity contribution >= 4 is 22.6 Å². The monoisotopic (exact) mass is 366 g/mol. The van der Waals surface area contributed by atoms with Crippen LogP contribution in [-0.2, 0) is 11.3 Å². The number of anilines is 1. The molecule has 0 unspecified atom stereocenters. The van der Waals surface area contributed by atoms with Crippen molar-refractivity contribution in [3.8, 4) is 0 Å². The Kier molecular flexibility index (Phi) is 5.16. The van der Waals surface area contributed by atoms with Crippen LogP contribution in [-0.4, -0.2) is 40.0 Å². The van der Waals surface area contributed by atoms with Crippen molar-refractivity contribution in [3.63, 3.8) is 0 Å². The van der Waals surface area contributed by atoms with Gasteiger partial charge in [0.25, 0.3) is 0 Å². The minimum absolute atomic E-state index is 0.0975. The van der Waals surface area contributed by atoms with E-state index in [-0.39, 0.29) is 11.7 Å². The number of hydrogen-bond acceptors (Lipinski definition) is 3. The largest absolute Gasteiger partial charge is 0.330 e. The van der Waals surface area contributed by atoms with Crippen molar-refractivity contribution in [1.29, 1.82) is 0 Å². The van der Waals surface area contributed by atoms with Gasteiger partial charge in [0.1, 0.15) is 5.82 Å². The summed E-state index contributed by atoms with van der Waals surface area (Å²) < 4.78 is 15.4. The lowest BCUT2D eigenvalue weighted by atomic mass is 9.96. The van der Waals surface area contributed by atoms with Crippen LogP contribution in [0.5, 0.6) is 0 Å². The third-order valence-electron chi connectivity index (χ3n) is 5.17. The molecule has 0 aliphatic carbocycles. The number of nitrogens with one attached hydrogen (secondary N) is 1. The van der Waals surface area contributed by atoms with Gasteiger partial charge >= 0.3 is 0 Å². The molecule has 1 N–H and O–H groups in total. The van der Waals surface area contributed by atoms with Crippen molar-refractivity contribution in [1.82, 2.24) is 14.5 Å². The summed E-state index contributed by atoms with van der Waals surface area (Å²) in [6, 6.07) is 14.2. The minimum atomic E-state index is -0.347. The maximum absolute atomic E-state index is 13.2. The van der Waals surface area contributed by atoms with E-state index in [1.807, 2.05) is 24.5 Å². The molecule has 1 aliphatic rings. The van der Waals surface area contributed by atoms with E-state index in [0.29, 0.717) is 18.2 Å². The lowest BCUT2D eigenvalue weighted by Gasteiger charge is -2.31. The Bertz CT molecular complexity index is 931. The molecule has 1 fully saturated rings. The van der Waals surface area contributed by atoms with Crippen LogP contribution in [0, 0.1) is 11.7 Å². The van der Waals surface area contributed by atoms with Gasteiger partial charge in [0.15, 0.2) is 0 Å². The van der Waals surface area contributed by atoms with Crippen molar-refractivity contribution in [2.45, 2.75) is 19.4 Å². The number of amides is 1. The summed E-state index contributed by atoms with van der Waals surface area (Å²) in [5.74, 6) is 0.144. The first kappa shape index (κ1) is 17.7. The average Bonchev–Trinajstić information content (AvgIpc) is 3.06. The first-order valence-corrected chi connectivity index (χ1v) is 9.35. The Morgan fingerprint density at radius 3 is 2.78 bits per heavy atom. The number of nitrogens with zero attached hydrogens (tertiary/aromatic N) is 3. The number of hydrogen-bond donors (Lipinski definition) is 1. The van der Waals surface area contributed by atoms with Crippen molar-refractivity contribution < 1.29 is 9.18 Å². The lowest BCUT2D eigenvalue weighted by Crippen LogP contribution is -2.39. The van der Waals surface area contributed by atoms with Gasteiger partial charge in [0, 0.05) is 12.2 Å². The molecule has 0 spiro atoms. The highest BCUT2D eigenvalue weighted by Crippen LogP contribution is 2.21. The van der Waals surface area contributed by atoms with Crippen LogP contribution in [0.2, 0.25) is 0 Å². The van der Waals surface area contributed by atoms with Gasteiger partial charge in [0.05, 0.1) is 23.9 Å². The number of imidazole rings is 1. The summed E-state index contributed by atoms with van der Waals surface area (Å²) in [5.41, 5.74) is 2.71. The van der Waals surface area contributed by atoms with Crippen LogP contribution in [0.25, 0.3) is 11.0 Å². The predicted octanol–water partition coefficient (Wildman–Crippen LogP) is 3.53. The second-order valence-corrected chi connectivity index (χ2v) is 7.16. The Hall–Kier alpha value is -2.73. The van der Waals surface area contributed by atoms with E-state index >= 15 is 0 Å². The SMILES string of the molecule is O=C(CN1CCC(Cn2cnc3ccccc32)CC1)Nc1cccc(F)c1. The first-order valence-electron chi connectivity index (χ1n) is 9.35. The van der Waals surface area contributed by atoms with Crippen molar-refractivity contribution in [2.24, 2.45) is 5.92 Å². The van der Waals surface area contributed by atoms with Crippen molar-refractivity contribution in [3.05, 3.63) is 60.7 Å². The Morgan fingerprint density at radius 1 is 1.15 bits per heavy atom. The normalized spacial score (nSPS) is 15.9. The number of carbonyl (C=O) groups is 1. The maximum atomic E-state index is 13.2. The number of aromatic nitrogens is 2. The molecule has 0 atom stereocenters. The molecule has 140 valence electrons. The summed E-state index contributed by atoms with van der Waals surface area (Å²) in [5, 5.41) is 2.76. The van der Waals surface area contributed by atoms with E-state index < -0.39 is 0 Å². The fourth-order valence-corrected chi connectivity index (χ4v) is 3.73. The number of fused-ring (bicyclic) bond motifs is 1. The number of rotatable bonds is 5. The number of para-hydroxylation sites is 2. The number of halogens is 1. The zero-order valence-electron chi connectivity index (χ0n) is 15.1. The fraction of sp³-hybridized carbons (Fsp3) is 0.333. The van der Waals surface area contributed by atoms with Crippen molar-refractivity contribution in [2.75, 3.05) is 25.0 Å². The van der Waals surface area contributed by atoms with Gasteiger partial charge < -0.3 is 9.88 Å². The highest BCUT2D eigenvalue weighted by atomic mass is 19.1. The van der Waals surface area contributed by atoms with Gasteiger partial charge in [0.2, 0.25) is 5.91 Å². The van der Waals surface area contributed by atoms with Gasteiger partial charge in [-0.05, 0) is 62.2 Å². The van der Waals surface area contributed by atoms with Crippen LogP contribution in [0.1, 0.15) is 12.8 Å². The fourth-order valence-electron chi connectivity index (χ4n) is 3.73. The van der Waals surface area contributed by atoms with Crippen LogP contribution >= 0.6 is 0 Å². The standard InChI is InChI=1S/C21H23FN4O/c22-17-4-3-5-18(12-17)24-21(27)14-25-10-8-16(9-11-25)13-26-15-23-19-6-1-2-7-20(19)26/h1-7,12,15-16H,8-11,13-14H2,(H,24,27). The van der Waals surface area contributed by atoms with Crippen LogP contribution in [0.3, 0.4) is 0 Å². The zero-order valence-corrected chi connectivity index (χ0v) is 15.1. The minimum Gasteiger partial charge on any atom is -0.330 e. The third kappa shape index (κ3) is 4.34. The highest BCUT2D eigenvalue weighted by Gasteiger charge is 2.21. The molecule has 0 radical (unpaired) electrons. The van der Waals surface area contributed by atoms with E-state index in [1.165, 1.54) is 17.6 Å². The molecule has 2 aromatic carbocycles. The highest BCUT2D eigenvalue weighted by molar-refractivity contribution is 5.92. The zero-order chi connectivity index (χ0) is 18.6. The molecule has 1 amide bonds. The van der Waals surface area contributed by atoms with Gasteiger partial charge in [-0.1, -0.05) is 18.2 Å². The topological polar surface area (TPSA) is 50.2 Å².